The maximum absolute atomic E-state index is 11.8. The third kappa shape index (κ3) is 5.69. The van der Waals surface area contributed by atoms with Gasteiger partial charge in [0.15, 0.2) is 0 Å². The van der Waals surface area contributed by atoms with Crippen molar-refractivity contribution in [2.75, 3.05) is 0 Å². The van der Waals surface area contributed by atoms with E-state index in [2.05, 4.69) is 0 Å². The van der Waals surface area contributed by atoms with Crippen LogP contribution < -0.4 is 9.47 Å². The first-order chi connectivity index (χ1) is 14.2. The Morgan fingerprint density at radius 3 is 1.73 bits per heavy atom. The molecule has 160 valence electrons. The van der Waals surface area contributed by atoms with Gasteiger partial charge >= 0.3 is 17.9 Å². The standard InChI is InChI=1S/C24H28O6/c1-6-17-10-14(3)22(29-15(4)25)19(11-17)8-9-20-12-18(7-2)13-21(24(27)28)23(20)30-16(5)26/h10-13H,6-9H2,1-5H3,(H,27,28). The highest BCUT2D eigenvalue weighted by Crippen LogP contribution is 2.31. The molecule has 0 aliphatic carbocycles. The van der Waals surface area contributed by atoms with Crippen molar-refractivity contribution >= 4 is 17.9 Å². The van der Waals surface area contributed by atoms with E-state index in [1.807, 2.05) is 39.0 Å². The number of carbonyl (C=O) groups is 3. The minimum atomic E-state index is -1.15. The summed E-state index contributed by atoms with van der Waals surface area (Å²) in [5.74, 6) is -1.52. The molecule has 0 bridgehead atoms. The van der Waals surface area contributed by atoms with Crippen LogP contribution in [0.2, 0.25) is 0 Å². The van der Waals surface area contributed by atoms with E-state index in [4.69, 9.17) is 9.47 Å². The van der Waals surface area contributed by atoms with E-state index in [9.17, 15) is 19.5 Å². The summed E-state index contributed by atoms with van der Waals surface area (Å²) in [6.07, 6.45) is 2.41. The molecule has 0 spiro atoms. The van der Waals surface area contributed by atoms with Crippen LogP contribution >= 0.6 is 0 Å². The van der Waals surface area contributed by atoms with E-state index < -0.39 is 17.9 Å². The lowest BCUT2D eigenvalue weighted by molar-refractivity contribution is -0.133. The second-order valence-electron chi connectivity index (χ2n) is 7.23. The summed E-state index contributed by atoms with van der Waals surface area (Å²) >= 11 is 0. The van der Waals surface area contributed by atoms with Crippen LogP contribution in [0, 0.1) is 6.92 Å². The predicted octanol–water partition coefficient (Wildman–Crippen LogP) is 4.45. The average Bonchev–Trinajstić information content (AvgIpc) is 2.67. The van der Waals surface area contributed by atoms with Crippen molar-refractivity contribution in [3.63, 3.8) is 0 Å². The molecule has 0 heterocycles. The smallest absolute Gasteiger partial charge is 0.339 e. The molecule has 0 radical (unpaired) electrons. The fourth-order valence-corrected chi connectivity index (χ4v) is 3.44. The van der Waals surface area contributed by atoms with Gasteiger partial charge in [0, 0.05) is 13.8 Å². The van der Waals surface area contributed by atoms with Crippen LogP contribution in [0.25, 0.3) is 0 Å². The highest BCUT2D eigenvalue weighted by atomic mass is 16.5. The van der Waals surface area contributed by atoms with Gasteiger partial charge in [-0.25, -0.2) is 4.79 Å². The van der Waals surface area contributed by atoms with E-state index in [1.165, 1.54) is 19.9 Å². The van der Waals surface area contributed by atoms with Crippen molar-refractivity contribution in [2.45, 2.75) is 60.3 Å². The second-order valence-corrected chi connectivity index (χ2v) is 7.23. The monoisotopic (exact) mass is 412 g/mol. The zero-order chi connectivity index (χ0) is 22.4. The third-order valence-electron chi connectivity index (χ3n) is 4.84. The Hall–Kier alpha value is -3.15. The number of aromatic carboxylic acids is 1. The number of ether oxygens (including phenoxy) is 2. The molecular weight excluding hydrogens is 384 g/mol. The Morgan fingerprint density at radius 2 is 1.27 bits per heavy atom. The van der Waals surface area contributed by atoms with Crippen LogP contribution in [-0.4, -0.2) is 23.0 Å². The summed E-state index contributed by atoms with van der Waals surface area (Å²) in [7, 11) is 0. The van der Waals surface area contributed by atoms with Gasteiger partial charge in [-0.05, 0) is 66.5 Å². The van der Waals surface area contributed by atoms with Crippen molar-refractivity contribution in [1.82, 2.24) is 0 Å². The topological polar surface area (TPSA) is 89.9 Å². The molecule has 0 saturated carbocycles. The van der Waals surface area contributed by atoms with E-state index in [-0.39, 0.29) is 11.3 Å². The quantitative estimate of drug-likeness (QED) is 0.509. The molecule has 6 heteroatoms. The Kier molecular flexibility index (Phi) is 7.75. The molecule has 2 rings (SSSR count). The first-order valence-corrected chi connectivity index (χ1v) is 10.0. The Balaban J connectivity index is 2.51. The number of aryl methyl sites for hydroxylation is 5. The molecule has 2 aromatic rings. The lowest BCUT2D eigenvalue weighted by atomic mass is 9.95. The summed E-state index contributed by atoms with van der Waals surface area (Å²) in [6.45, 7) is 8.48. The van der Waals surface area contributed by atoms with Gasteiger partial charge in [0.05, 0.1) is 0 Å². The number of hydrogen-bond donors (Lipinski definition) is 1. The van der Waals surface area contributed by atoms with Crippen LogP contribution in [0.4, 0.5) is 0 Å². The third-order valence-corrected chi connectivity index (χ3v) is 4.84. The van der Waals surface area contributed by atoms with Gasteiger partial charge in [0.2, 0.25) is 0 Å². The predicted molar refractivity (Wildman–Crippen MR) is 113 cm³/mol. The Morgan fingerprint density at radius 1 is 0.800 bits per heavy atom. The van der Waals surface area contributed by atoms with Gasteiger partial charge in [-0.15, -0.1) is 0 Å². The van der Waals surface area contributed by atoms with Gasteiger partial charge in [0.25, 0.3) is 0 Å². The van der Waals surface area contributed by atoms with Crippen molar-refractivity contribution in [2.24, 2.45) is 0 Å². The second kappa shape index (κ2) is 10.1. The normalized spacial score (nSPS) is 10.6. The lowest BCUT2D eigenvalue weighted by Crippen LogP contribution is -2.12. The highest BCUT2D eigenvalue weighted by Gasteiger charge is 2.20. The zero-order valence-corrected chi connectivity index (χ0v) is 18.1. The molecule has 1 N–H and O–H groups in total. The van der Waals surface area contributed by atoms with E-state index in [0.717, 1.165) is 28.7 Å². The molecule has 0 atom stereocenters. The number of rotatable bonds is 8. The molecule has 0 amide bonds. The molecule has 0 aromatic heterocycles. The van der Waals surface area contributed by atoms with E-state index >= 15 is 0 Å². The summed E-state index contributed by atoms with van der Waals surface area (Å²) in [5.41, 5.74) is 4.29. The number of hydrogen-bond acceptors (Lipinski definition) is 5. The summed E-state index contributed by atoms with van der Waals surface area (Å²) in [5, 5.41) is 9.61. The van der Waals surface area contributed by atoms with Crippen molar-refractivity contribution in [3.8, 4) is 11.5 Å². The fourth-order valence-electron chi connectivity index (χ4n) is 3.44. The average molecular weight is 412 g/mol. The molecule has 6 nitrogen and oxygen atoms in total. The number of carboxylic acid groups (broad SMARTS) is 1. The van der Waals surface area contributed by atoms with Gasteiger partial charge in [-0.2, -0.15) is 0 Å². The molecule has 2 aromatic carbocycles. The molecule has 30 heavy (non-hydrogen) atoms. The van der Waals surface area contributed by atoms with Crippen molar-refractivity contribution in [3.05, 3.63) is 57.6 Å². The van der Waals surface area contributed by atoms with Crippen molar-refractivity contribution in [1.29, 1.82) is 0 Å². The van der Waals surface area contributed by atoms with Gasteiger partial charge in [0.1, 0.15) is 17.1 Å². The van der Waals surface area contributed by atoms with Gasteiger partial charge in [-0.3, -0.25) is 9.59 Å². The summed E-state index contributed by atoms with van der Waals surface area (Å²) in [6, 6.07) is 7.40. The molecule has 0 fully saturated rings. The number of carboxylic acids is 1. The largest absolute Gasteiger partial charge is 0.478 e. The minimum absolute atomic E-state index is 0.0294. The SMILES string of the molecule is CCc1cc(C)c(OC(C)=O)c(CCc2cc(CC)cc(C(=O)O)c2OC(C)=O)c1. The molecule has 0 saturated heterocycles. The Labute approximate surface area is 176 Å². The minimum Gasteiger partial charge on any atom is -0.478 e. The van der Waals surface area contributed by atoms with E-state index in [0.29, 0.717) is 30.6 Å². The van der Waals surface area contributed by atoms with Gasteiger partial charge in [-0.1, -0.05) is 32.0 Å². The van der Waals surface area contributed by atoms with Gasteiger partial charge < -0.3 is 14.6 Å². The maximum Gasteiger partial charge on any atom is 0.339 e. The molecule has 0 aliphatic rings. The highest BCUT2D eigenvalue weighted by molar-refractivity contribution is 5.93. The molecular formula is C24H28O6. The summed E-state index contributed by atoms with van der Waals surface area (Å²) in [4.78, 5) is 34.9. The van der Waals surface area contributed by atoms with Crippen molar-refractivity contribution < 1.29 is 29.0 Å². The number of esters is 2. The summed E-state index contributed by atoms with van der Waals surface area (Å²) < 4.78 is 10.7. The number of carbonyl (C=O) groups excluding carboxylic acids is 2. The number of benzene rings is 2. The van der Waals surface area contributed by atoms with Crippen LogP contribution in [-0.2, 0) is 35.3 Å². The fraction of sp³-hybridized carbons (Fsp3) is 0.375. The maximum atomic E-state index is 11.8. The van der Waals surface area contributed by atoms with Crippen LogP contribution in [0.15, 0.2) is 24.3 Å². The first-order valence-electron chi connectivity index (χ1n) is 10.0. The van der Waals surface area contributed by atoms with Crippen LogP contribution in [0.3, 0.4) is 0 Å². The van der Waals surface area contributed by atoms with Crippen LogP contribution in [0.1, 0.15) is 65.9 Å². The molecule has 0 aliphatic heterocycles. The Bertz CT molecular complexity index is 974. The molecule has 0 unspecified atom stereocenters. The lowest BCUT2D eigenvalue weighted by Gasteiger charge is -2.17. The van der Waals surface area contributed by atoms with E-state index in [1.54, 1.807) is 0 Å². The van der Waals surface area contributed by atoms with Crippen LogP contribution in [0.5, 0.6) is 11.5 Å². The first kappa shape index (κ1) is 23.1. The zero-order valence-electron chi connectivity index (χ0n) is 18.1.